The maximum atomic E-state index is 11.7. The minimum absolute atomic E-state index is 0.0172. The summed E-state index contributed by atoms with van der Waals surface area (Å²) in [5.41, 5.74) is 0.0172. The lowest BCUT2D eigenvalue weighted by atomic mass is 10.2. The summed E-state index contributed by atoms with van der Waals surface area (Å²) in [7, 11) is -4.75. The van der Waals surface area contributed by atoms with Crippen LogP contribution in [0.5, 0.6) is 0 Å². The number of aromatic carboxylic acids is 1. The number of hydrogen-bond acceptors (Lipinski definition) is 4. The van der Waals surface area contributed by atoms with Gasteiger partial charge in [0.15, 0.2) is 0 Å². The van der Waals surface area contributed by atoms with Gasteiger partial charge in [-0.15, -0.1) is 0 Å². The zero-order valence-electron chi connectivity index (χ0n) is 9.62. The Morgan fingerprint density at radius 3 is 2.33 bits per heavy atom. The van der Waals surface area contributed by atoms with Crippen molar-refractivity contribution in [1.29, 1.82) is 0 Å². The van der Waals surface area contributed by atoms with E-state index in [1.165, 1.54) is 30.5 Å². The van der Waals surface area contributed by atoms with Crippen LogP contribution in [0, 0.1) is 0 Å². The van der Waals surface area contributed by atoms with Gasteiger partial charge in [-0.2, -0.15) is 0 Å². The molecule has 0 radical (unpaired) electrons. The second kappa shape index (κ2) is 6.07. The predicted octanol–water partition coefficient (Wildman–Crippen LogP) is 0.0416. The van der Waals surface area contributed by atoms with Gasteiger partial charge in [0, 0.05) is 29.4 Å². The van der Waals surface area contributed by atoms with Gasteiger partial charge in [0.1, 0.15) is 0 Å². The Kier molecular flexibility index (Phi) is 5.00. The maximum Gasteiger partial charge on any atom is 0.335 e. The molecule has 100 valence electrons. The Hall–Kier alpha value is -1.25. The van der Waals surface area contributed by atoms with E-state index in [4.69, 9.17) is 5.11 Å². The summed E-state index contributed by atoms with van der Waals surface area (Å²) < 4.78 is 36.6. The van der Waals surface area contributed by atoms with Crippen LogP contribution < -0.4 is 4.72 Å². The van der Waals surface area contributed by atoms with Gasteiger partial charge in [-0.25, -0.2) is 17.9 Å². The van der Waals surface area contributed by atoms with E-state index in [1.54, 1.807) is 0 Å². The van der Waals surface area contributed by atoms with Crippen LogP contribution in [0.4, 0.5) is 0 Å². The van der Waals surface area contributed by atoms with Gasteiger partial charge in [0.2, 0.25) is 10.0 Å². The lowest BCUT2D eigenvalue weighted by Crippen LogP contribution is -2.27. The Morgan fingerprint density at radius 1 is 1.33 bits per heavy atom. The topological polar surface area (TPSA) is 101 Å². The highest BCUT2D eigenvalue weighted by molar-refractivity contribution is 7.89. The highest BCUT2D eigenvalue weighted by Gasteiger charge is 2.14. The molecule has 2 N–H and O–H groups in total. The van der Waals surface area contributed by atoms with Crippen molar-refractivity contribution in [3.8, 4) is 0 Å². The second-order valence-electron chi connectivity index (χ2n) is 3.50. The van der Waals surface area contributed by atoms with Crippen molar-refractivity contribution < 1.29 is 22.5 Å². The summed E-state index contributed by atoms with van der Waals surface area (Å²) in [6.07, 6.45) is 1.48. The van der Waals surface area contributed by atoms with Crippen LogP contribution in [-0.4, -0.2) is 42.3 Å². The van der Waals surface area contributed by atoms with Crippen molar-refractivity contribution in [1.82, 2.24) is 4.72 Å². The number of carbonyl (C=O) groups is 1. The summed E-state index contributed by atoms with van der Waals surface area (Å²) in [6.45, 7) is 0.0755. The molecule has 0 amide bonds. The fourth-order valence-electron chi connectivity index (χ4n) is 1.18. The minimum atomic E-state index is -3.68. The Morgan fingerprint density at radius 2 is 1.89 bits per heavy atom. The molecule has 0 saturated carbocycles. The van der Waals surface area contributed by atoms with Gasteiger partial charge in [-0.3, -0.25) is 4.21 Å². The van der Waals surface area contributed by atoms with Crippen molar-refractivity contribution in [2.75, 3.05) is 18.6 Å². The summed E-state index contributed by atoms with van der Waals surface area (Å²) >= 11 is 0. The fourth-order valence-corrected chi connectivity index (χ4v) is 2.73. The van der Waals surface area contributed by atoms with E-state index in [0.29, 0.717) is 0 Å². The third-order valence-electron chi connectivity index (χ3n) is 2.09. The van der Waals surface area contributed by atoms with Gasteiger partial charge < -0.3 is 5.11 Å². The predicted molar refractivity (Wildman–Crippen MR) is 67.5 cm³/mol. The SMILES string of the molecule is CS(=O)CCNS(=O)(=O)c1ccc(C(=O)O)cc1. The van der Waals surface area contributed by atoms with Gasteiger partial charge in [-0.1, -0.05) is 0 Å². The fraction of sp³-hybridized carbons (Fsp3) is 0.300. The van der Waals surface area contributed by atoms with Gasteiger partial charge >= 0.3 is 5.97 Å². The highest BCUT2D eigenvalue weighted by Crippen LogP contribution is 2.10. The number of hydrogen-bond donors (Lipinski definition) is 2. The first-order valence-electron chi connectivity index (χ1n) is 4.96. The van der Waals surface area contributed by atoms with Crippen LogP contribution in [0.15, 0.2) is 29.2 Å². The first kappa shape index (κ1) is 14.8. The van der Waals surface area contributed by atoms with E-state index in [1.807, 2.05) is 0 Å². The van der Waals surface area contributed by atoms with Crippen molar-refractivity contribution in [2.45, 2.75) is 4.90 Å². The van der Waals surface area contributed by atoms with E-state index in [-0.39, 0.29) is 22.8 Å². The second-order valence-corrected chi connectivity index (χ2v) is 6.83. The van der Waals surface area contributed by atoms with E-state index < -0.39 is 26.8 Å². The molecule has 1 aromatic carbocycles. The molecule has 0 heterocycles. The van der Waals surface area contributed by atoms with E-state index in [0.717, 1.165) is 0 Å². The molecule has 1 atom stereocenters. The number of carboxylic acids is 1. The first-order chi connectivity index (χ1) is 8.33. The Balaban J connectivity index is 2.79. The lowest BCUT2D eigenvalue weighted by Gasteiger charge is -2.06. The minimum Gasteiger partial charge on any atom is -0.478 e. The number of rotatable bonds is 6. The van der Waals surface area contributed by atoms with Crippen molar-refractivity contribution in [3.05, 3.63) is 29.8 Å². The average Bonchev–Trinajstić information content (AvgIpc) is 2.28. The van der Waals surface area contributed by atoms with Crippen molar-refractivity contribution in [3.63, 3.8) is 0 Å². The molecular formula is C10H13NO5S2. The third kappa shape index (κ3) is 4.21. The quantitative estimate of drug-likeness (QED) is 0.771. The molecule has 1 rings (SSSR count). The van der Waals surface area contributed by atoms with Gasteiger partial charge in [0.05, 0.1) is 10.5 Å². The molecule has 1 aromatic rings. The number of benzene rings is 1. The molecule has 0 bridgehead atoms. The number of sulfonamides is 1. The highest BCUT2D eigenvalue weighted by atomic mass is 32.2. The van der Waals surface area contributed by atoms with E-state index in [9.17, 15) is 17.4 Å². The van der Waals surface area contributed by atoms with Crippen LogP contribution in [0.3, 0.4) is 0 Å². The largest absolute Gasteiger partial charge is 0.478 e. The molecule has 0 fully saturated rings. The molecule has 0 aliphatic heterocycles. The van der Waals surface area contributed by atoms with Gasteiger partial charge in [-0.05, 0) is 24.3 Å². The molecule has 6 nitrogen and oxygen atoms in total. The van der Waals surface area contributed by atoms with Gasteiger partial charge in [0.25, 0.3) is 0 Å². The average molecular weight is 291 g/mol. The Labute approximate surface area is 108 Å². The van der Waals surface area contributed by atoms with Crippen LogP contribution in [0.1, 0.15) is 10.4 Å². The molecule has 0 saturated heterocycles. The monoisotopic (exact) mass is 291 g/mol. The molecule has 8 heteroatoms. The molecular weight excluding hydrogens is 278 g/mol. The van der Waals surface area contributed by atoms with Crippen LogP contribution >= 0.6 is 0 Å². The zero-order valence-corrected chi connectivity index (χ0v) is 11.3. The molecule has 18 heavy (non-hydrogen) atoms. The third-order valence-corrected chi connectivity index (χ3v) is 4.35. The number of carboxylic acid groups (broad SMARTS) is 1. The van der Waals surface area contributed by atoms with Crippen molar-refractivity contribution >= 4 is 26.8 Å². The first-order valence-corrected chi connectivity index (χ1v) is 8.17. The summed E-state index contributed by atoms with van der Waals surface area (Å²) in [5.74, 6) is -0.889. The number of nitrogens with one attached hydrogen (secondary N) is 1. The van der Waals surface area contributed by atoms with E-state index in [2.05, 4.69) is 4.72 Å². The van der Waals surface area contributed by atoms with E-state index >= 15 is 0 Å². The standard InChI is InChI=1S/C10H13NO5S2/c1-17(14)7-6-11-18(15,16)9-4-2-8(3-5-9)10(12)13/h2-5,11H,6-7H2,1H3,(H,12,13). The van der Waals surface area contributed by atoms with Crippen LogP contribution in [0.25, 0.3) is 0 Å². The molecule has 0 aliphatic rings. The molecule has 0 aliphatic carbocycles. The summed E-state index contributed by atoms with van der Waals surface area (Å²) in [4.78, 5) is 10.6. The summed E-state index contributed by atoms with van der Waals surface area (Å²) in [6, 6.07) is 4.87. The lowest BCUT2D eigenvalue weighted by molar-refractivity contribution is 0.0696. The molecule has 0 aromatic heterocycles. The van der Waals surface area contributed by atoms with Crippen molar-refractivity contribution in [2.24, 2.45) is 0 Å². The molecule has 1 unspecified atom stereocenters. The smallest absolute Gasteiger partial charge is 0.335 e. The Bertz CT molecular complexity index is 550. The maximum absolute atomic E-state index is 11.7. The molecule has 0 spiro atoms. The summed E-state index contributed by atoms with van der Waals surface area (Å²) in [5, 5.41) is 8.68. The zero-order chi connectivity index (χ0) is 13.8. The van der Waals surface area contributed by atoms with Crippen LogP contribution in [0.2, 0.25) is 0 Å². The normalized spacial score (nSPS) is 13.2. The van der Waals surface area contributed by atoms with Crippen LogP contribution in [-0.2, 0) is 20.8 Å².